The minimum absolute atomic E-state index is 0.0494. The lowest BCUT2D eigenvalue weighted by atomic mass is 9.96. The second-order valence-electron chi connectivity index (χ2n) is 9.29. The van der Waals surface area contributed by atoms with Gasteiger partial charge in [0, 0.05) is 5.69 Å². The van der Waals surface area contributed by atoms with Gasteiger partial charge in [0.05, 0.1) is 31.9 Å². The van der Waals surface area contributed by atoms with Crippen molar-refractivity contribution >= 4 is 33.3 Å². The number of methoxy groups -OCH3 is 2. The van der Waals surface area contributed by atoms with Gasteiger partial charge in [0.25, 0.3) is 10.0 Å². The predicted molar refractivity (Wildman–Crippen MR) is 148 cm³/mol. The number of ether oxygens (including phenoxy) is 3. The third-order valence-electron chi connectivity index (χ3n) is 6.67. The van der Waals surface area contributed by atoms with Crippen molar-refractivity contribution in [3.63, 3.8) is 0 Å². The number of hydrogen-bond acceptors (Lipinski definition) is 7. The SMILES string of the molecule is CCOC(=O)C1(c2ccc(NC(=O)CN(c3ccc(OC)cc3)S(=O)(=O)c3cc(C)ccc3OC)cc2)CC1. The van der Waals surface area contributed by atoms with Crippen LogP contribution in [0.4, 0.5) is 11.4 Å². The van der Waals surface area contributed by atoms with Crippen molar-refractivity contribution in [1.29, 1.82) is 0 Å². The van der Waals surface area contributed by atoms with Crippen molar-refractivity contribution in [2.45, 2.75) is 37.0 Å². The molecule has 1 amide bonds. The molecule has 1 aliphatic carbocycles. The van der Waals surface area contributed by atoms with Crippen LogP contribution in [0.3, 0.4) is 0 Å². The van der Waals surface area contributed by atoms with Gasteiger partial charge in [0.2, 0.25) is 5.91 Å². The zero-order valence-corrected chi connectivity index (χ0v) is 23.2. The van der Waals surface area contributed by atoms with Gasteiger partial charge in [0.15, 0.2) is 0 Å². The second kappa shape index (κ2) is 11.4. The molecule has 10 heteroatoms. The van der Waals surface area contributed by atoms with Crippen LogP contribution in [0.25, 0.3) is 0 Å². The highest BCUT2D eigenvalue weighted by Gasteiger charge is 2.52. The Hall–Kier alpha value is -4.05. The number of anilines is 2. The van der Waals surface area contributed by atoms with E-state index in [9.17, 15) is 18.0 Å². The molecule has 39 heavy (non-hydrogen) atoms. The number of esters is 1. The summed E-state index contributed by atoms with van der Waals surface area (Å²) in [5.74, 6) is -0.0651. The molecule has 4 rings (SSSR count). The summed E-state index contributed by atoms with van der Waals surface area (Å²) in [4.78, 5) is 25.5. The number of sulfonamides is 1. The number of rotatable bonds is 11. The van der Waals surface area contributed by atoms with Gasteiger partial charge < -0.3 is 19.5 Å². The van der Waals surface area contributed by atoms with Crippen LogP contribution in [0, 0.1) is 6.92 Å². The fraction of sp³-hybridized carbons (Fsp3) is 0.310. The molecule has 0 saturated heterocycles. The Kier molecular flexibility index (Phi) is 8.15. The normalized spacial score (nSPS) is 13.7. The Morgan fingerprint density at radius 1 is 0.949 bits per heavy atom. The molecule has 3 aromatic rings. The van der Waals surface area contributed by atoms with E-state index < -0.39 is 27.9 Å². The van der Waals surface area contributed by atoms with Crippen molar-refractivity contribution in [3.05, 3.63) is 77.9 Å². The van der Waals surface area contributed by atoms with Crippen LogP contribution in [0.2, 0.25) is 0 Å². The molecule has 0 radical (unpaired) electrons. The molecule has 0 aliphatic heterocycles. The predicted octanol–water partition coefficient (Wildman–Crippen LogP) is 4.44. The summed E-state index contributed by atoms with van der Waals surface area (Å²) in [6.45, 7) is 3.38. The first-order valence-electron chi connectivity index (χ1n) is 12.5. The molecular weight excluding hydrogens is 520 g/mol. The molecule has 0 heterocycles. The molecule has 9 nitrogen and oxygen atoms in total. The Balaban J connectivity index is 1.59. The van der Waals surface area contributed by atoms with Gasteiger partial charge in [0.1, 0.15) is 22.9 Å². The molecule has 0 aromatic heterocycles. The number of benzene rings is 3. The molecule has 1 saturated carbocycles. The number of nitrogens with zero attached hydrogens (tertiary/aromatic N) is 1. The lowest BCUT2D eigenvalue weighted by Gasteiger charge is -2.25. The largest absolute Gasteiger partial charge is 0.497 e. The van der Waals surface area contributed by atoms with Crippen LogP contribution >= 0.6 is 0 Å². The molecule has 0 spiro atoms. The zero-order valence-electron chi connectivity index (χ0n) is 22.4. The summed E-state index contributed by atoms with van der Waals surface area (Å²) in [6.07, 6.45) is 1.43. The van der Waals surface area contributed by atoms with Gasteiger partial charge in [-0.15, -0.1) is 0 Å². The maximum atomic E-state index is 13.9. The van der Waals surface area contributed by atoms with E-state index in [1.54, 1.807) is 74.5 Å². The minimum Gasteiger partial charge on any atom is -0.497 e. The van der Waals surface area contributed by atoms with Crippen LogP contribution < -0.4 is 19.1 Å². The Morgan fingerprint density at radius 3 is 2.18 bits per heavy atom. The molecule has 0 bridgehead atoms. The summed E-state index contributed by atoms with van der Waals surface area (Å²) in [5.41, 5.74) is 1.70. The highest BCUT2D eigenvalue weighted by atomic mass is 32.2. The van der Waals surface area contributed by atoms with Crippen LogP contribution in [-0.4, -0.2) is 47.7 Å². The number of carbonyl (C=O) groups is 2. The number of nitrogens with one attached hydrogen (secondary N) is 1. The Bertz CT molecular complexity index is 1450. The number of hydrogen-bond donors (Lipinski definition) is 1. The molecule has 206 valence electrons. The van der Waals surface area contributed by atoms with Crippen molar-refractivity contribution in [1.82, 2.24) is 0 Å². The van der Waals surface area contributed by atoms with Gasteiger partial charge in [-0.1, -0.05) is 18.2 Å². The lowest BCUT2D eigenvalue weighted by molar-refractivity contribution is -0.146. The van der Waals surface area contributed by atoms with Gasteiger partial charge in [-0.05, 0) is 86.3 Å². The third kappa shape index (κ3) is 5.85. The smallest absolute Gasteiger partial charge is 0.316 e. The van der Waals surface area contributed by atoms with Gasteiger partial charge >= 0.3 is 5.97 Å². The second-order valence-corrected chi connectivity index (χ2v) is 11.1. The lowest BCUT2D eigenvalue weighted by Crippen LogP contribution is -2.38. The molecule has 0 atom stereocenters. The van der Waals surface area contributed by atoms with Gasteiger partial charge in [-0.25, -0.2) is 8.42 Å². The van der Waals surface area contributed by atoms with Crippen molar-refractivity contribution in [2.24, 2.45) is 0 Å². The quantitative estimate of drug-likeness (QED) is 0.350. The first-order valence-corrected chi connectivity index (χ1v) is 14.0. The molecule has 3 aromatic carbocycles. The standard InChI is InChI=1S/C29H32N2O7S/c1-5-38-28(33)29(16-17-29)21-7-9-22(10-8-21)30-27(32)19-31(23-11-13-24(36-3)14-12-23)39(34,35)26-18-20(2)6-15-25(26)37-4/h6-15,18H,5,16-17,19H2,1-4H3,(H,30,32). The molecule has 0 unspecified atom stereocenters. The molecule has 1 fully saturated rings. The molecular formula is C29H32N2O7S. The zero-order chi connectivity index (χ0) is 28.2. The summed E-state index contributed by atoms with van der Waals surface area (Å²) < 4.78 is 44.5. The van der Waals surface area contributed by atoms with Gasteiger partial charge in [-0.2, -0.15) is 0 Å². The summed E-state index contributed by atoms with van der Waals surface area (Å²) in [6, 6.07) is 18.2. The van der Waals surface area contributed by atoms with E-state index in [1.807, 2.05) is 0 Å². The number of carbonyl (C=O) groups excluding carboxylic acids is 2. The molecule has 1 N–H and O–H groups in total. The summed E-state index contributed by atoms with van der Waals surface area (Å²) in [7, 11) is -1.30. The topological polar surface area (TPSA) is 111 Å². The van der Waals surface area contributed by atoms with E-state index >= 15 is 0 Å². The van der Waals surface area contributed by atoms with E-state index in [0.29, 0.717) is 30.9 Å². The van der Waals surface area contributed by atoms with Crippen LogP contribution in [0.15, 0.2) is 71.6 Å². The van der Waals surface area contributed by atoms with Crippen molar-refractivity contribution < 1.29 is 32.2 Å². The van der Waals surface area contributed by atoms with Crippen molar-refractivity contribution in [2.75, 3.05) is 37.0 Å². The summed E-state index contributed by atoms with van der Waals surface area (Å²) in [5, 5.41) is 2.76. The minimum atomic E-state index is -4.20. The highest BCUT2D eigenvalue weighted by Crippen LogP contribution is 2.49. The Morgan fingerprint density at radius 2 is 1.62 bits per heavy atom. The van der Waals surface area contributed by atoms with E-state index in [1.165, 1.54) is 20.3 Å². The Labute approximate surface area is 228 Å². The van der Waals surface area contributed by atoms with E-state index in [2.05, 4.69) is 5.32 Å². The maximum absolute atomic E-state index is 13.9. The van der Waals surface area contributed by atoms with E-state index in [4.69, 9.17) is 14.2 Å². The number of amides is 1. The third-order valence-corrected chi connectivity index (χ3v) is 8.47. The fourth-order valence-electron chi connectivity index (χ4n) is 4.38. The van der Waals surface area contributed by atoms with Crippen LogP contribution in [0.5, 0.6) is 11.5 Å². The highest BCUT2D eigenvalue weighted by molar-refractivity contribution is 7.93. The van der Waals surface area contributed by atoms with E-state index in [-0.39, 0.29) is 22.3 Å². The summed E-state index contributed by atoms with van der Waals surface area (Å²) >= 11 is 0. The first kappa shape index (κ1) is 28.0. The average molecular weight is 553 g/mol. The average Bonchev–Trinajstić information content (AvgIpc) is 3.74. The van der Waals surface area contributed by atoms with Crippen molar-refractivity contribution in [3.8, 4) is 11.5 Å². The first-order chi connectivity index (χ1) is 18.6. The van der Waals surface area contributed by atoms with E-state index in [0.717, 1.165) is 15.4 Å². The maximum Gasteiger partial charge on any atom is 0.316 e. The fourth-order valence-corrected chi connectivity index (χ4v) is 6.04. The molecule has 1 aliphatic rings. The monoisotopic (exact) mass is 552 g/mol. The van der Waals surface area contributed by atoms with Crippen LogP contribution in [-0.2, 0) is 29.8 Å². The number of aryl methyl sites for hydroxylation is 1. The van der Waals surface area contributed by atoms with Gasteiger partial charge in [-0.3, -0.25) is 13.9 Å². The van der Waals surface area contributed by atoms with Crippen LogP contribution in [0.1, 0.15) is 30.9 Å².